The Hall–Kier alpha value is 0. The van der Waals surface area contributed by atoms with Gasteiger partial charge in [-0.3, -0.25) is 0 Å². The number of rotatable bonds is 10. The molecular weight excluding hydrogens is 324 g/mol. The summed E-state index contributed by atoms with van der Waals surface area (Å²) in [6.45, 7) is 14.9. The molecule has 0 saturated heterocycles. The third-order valence-corrected chi connectivity index (χ3v) is 8.85. The molecule has 2 rings (SSSR count). The van der Waals surface area contributed by atoms with E-state index in [1.54, 1.807) is 12.8 Å². The van der Waals surface area contributed by atoms with Crippen LogP contribution in [0.5, 0.6) is 0 Å². The van der Waals surface area contributed by atoms with Gasteiger partial charge in [0.1, 0.15) is 0 Å². The standard InChI is InChI=1S/C27H52/c1-7-10-11-12-20(4)17-23-13-15-25(16-14-23)27-21(5)18-26(19-22(27)6)24(8-2)9-3/h20-27H,7-19H2,1-6H3. The van der Waals surface area contributed by atoms with Crippen molar-refractivity contribution in [3.05, 3.63) is 0 Å². The summed E-state index contributed by atoms with van der Waals surface area (Å²) in [4.78, 5) is 0. The highest BCUT2D eigenvalue weighted by Gasteiger charge is 2.40. The first-order chi connectivity index (χ1) is 13.0. The molecule has 0 aromatic rings. The van der Waals surface area contributed by atoms with Crippen LogP contribution in [0.4, 0.5) is 0 Å². The lowest BCUT2D eigenvalue weighted by molar-refractivity contribution is 0.0288. The quantitative estimate of drug-likeness (QED) is 0.333. The first-order valence-electron chi connectivity index (χ1n) is 13.0. The van der Waals surface area contributed by atoms with Gasteiger partial charge in [0.05, 0.1) is 0 Å². The molecule has 3 atom stereocenters. The second-order valence-corrected chi connectivity index (χ2v) is 11.0. The number of hydrogen-bond acceptors (Lipinski definition) is 0. The topological polar surface area (TPSA) is 0 Å². The average Bonchev–Trinajstić information content (AvgIpc) is 2.64. The molecule has 0 spiro atoms. The molecule has 27 heavy (non-hydrogen) atoms. The van der Waals surface area contributed by atoms with Gasteiger partial charge in [0.15, 0.2) is 0 Å². The predicted molar refractivity (Wildman–Crippen MR) is 122 cm³/mol. The second-order valence-electron chi connectivity index (χ2n) is 11.0. The van der Waals surface area contributed by atoms with Crippen LogP contribution in [0.25, 0.3) is 0 Å². The van der Waals surface area contributed by atoms with Gasteiger partial charge in [0.25, 0.3) is 0 Å². The highest BCUT2D eigenvalue weighted by molar-refractivity contribution is 4.90. The Morgan fingerprint density at radius 1 is 0.815 bits per heavy atom. The van der Waals surface area contributed by atoms with Crippen LogP contribution < -0.4 is 0 Å². The fourth-order valence-electron chi connectivity index (χ4n) is 7.43. The minimum atomic E-state index is 0.964. The molecule has 2 aliphatic rings. The molecule has 0 nitrogen and oxygen atoms in total. The molecule has 0 bridgehead atoms. The first-order valence-corrected chi connectivity index (χ1v) is 13.0. The number of hydrogen-bond donors (Lipinski definition) is 0. The fourth-order valence-corrected chi connectivity index (χ4v) is 7.43. The summed E-state index contributed by atoms with van der Waals surface area (Å²) >= 11 is 0. The maximum absolute atomic E-state index is 2.61. The maximum atomic E-state index is 2.61. The Morgan fingerprint density at radius 2 is 1.41 bits per heavy atom. The van der Waals surface area contributed by atoms with Crippen molar-refractivity contribution in [2.24, 2.45) is 47.3 Å². The van der Waals surface area contributed by atoms with E-state index in [-0.39, 0.29) is 0 Å². The molecule has 2 aliphatic carbocycles. The van der Waals surface area contributed by atoms with Crippen molar-refractivity contribution in [1.82, 2.24) is 0 Å². The Morgan fingerprint density at radius 3 is 1.93 bits per heavy atom. The van der Waals surface area contributed by atoms with Gasteiger partial charge in [-0.1, -0.05) is 92.9 Å². The van der Waals surface area contributed by atoms with E-state index >= 15 is 0 Å². The summed E-state index contributed by atoms with van der Waals surface area (Å²) < 4.78 is 0. The van der Waals surface area contributed by atoms with Crippen LogP contribution in [0, 0.1) is 47.3 Å². The molecule has 2 fully saturated rings. The zero-order valence-corrected chi connectivity index (χ0v) is 19.8. The lowest BCUT2D eigenvalue weighted by Gasteiger charge is -2.47. The smallest absolute Gasteiger partial charge is 0.0334 e. The molecule has 0 aliphatic heterocycles. The lowest BCUT2D eigenvalue weighted by atomic mass is 9.58. The summed E-state index contributed by atoms with van der Waals surface area (Å²) in [5, 5.41) is 0. The monoisotopic (exact) mass is 376 g/mol. The molecular formula is C27H52. The molecule has 0 aromatic carbocycles. The third-order valence-electron chi connectivity index (χ3n) is 8.85. The van der Waals surface area contributed by atoms with Crippen LogP contribution in [0.3, 0.4) is 0 Å². The molecule has 0 heteroatoms. The van der Waals surface area contributed by atoms with E-state index in [2.05, 4.69) is 41.5 Å². The van der Waals surface area contributed by atoms with Crippen LogP contribution in [0.1, 0.15) is 125 Å². The van der Waals surface area contributed by atoms with Crippen molar-refractivity contribution in [3.63, 3.8) is 0 Å². The summed E-state index contributed by atoms with van der Waals surface area (Å²) in [5.41, 5.74) is 0. The summed E-state index contributed by atoms with van der Waals surface area (Å²) in [6.07, 6.45) is 19.3. The molecule has 0 aromatic heterocycles. The Balaban J connectivity index is 1.78. The summed E-state index contributed by atoms with van der Waals surface area (Å²) in [5.74, 6) is 8.02. The summed E-state index contributed by atoms with van der Waals surface area (Å²) in [7, 11) is 0. The SMILES string of the molecule is CCCCCC(C)CC1CCC(C2C(C)CC(C(CC)CC)CC2C)CC1. The normalized spacial score (nSPS) is 36.1. The van der Waals surface area contributed by atoms with Gasteiger partial charge < -0.3 is 0 Å². The number of unbranched alkanes of at least 4 members (excludes halogenated alkanes) is 2. The van der Waals surface area contributed by atoms with Gasteiger partial charge >= 0.3 is 0 Å². The van der Waals surface area contributed by atoms with E-state index < -0.39 is 0 Å². The van der Waals surface area contributed by atoms with Crippen molar-refractivity contribution in [2.45, 2.75) is 125 Å². The molecule has 3 unspecified atom stereocenters. The molecule has 0 radical (unpaired) electrons. The maximum Gasteiger partial charge on any atom is -0.0334 e. The zero-order valence-electron chi connectivity index (χ0n) is 19.8. The van der Waals surface area contributed by atoms with Crippen LogP contribution in [-0.4, -0.2) is 0 Å². The van der Waals surface area contributed by atoms with Crippen LogP contribution >= 0.6 is 0 Å². The van der Waals surface area contributed by atoms with Gasteiger partial charge in [0, 0.05) is 0 Å². The summed E-state index contributed by atoms with van der Waals surface area (Å²) in [6, 6.07) is 0. The van der Waals surface area contributed by atoms with E-state index in [0.717, 1.165) is 47.3 Å². The minimum Gasteiger partial charge on any atom is -0.0654 e. The molecule has 0 amide bonds. The van der Waals surface area contributed by atoms with Crippen LogP contribution in [0.15, 0.2) is 0 Å². The van der Waals surface area contributed by atoms with Gasteiger partial charge in [-0.15, -0.1) is 0 Å². The van der Waals surface area contributed by atoms with Gasteiger partial charge in [0.2, 0.25) is 0 Å². The average molecular weight is 377 g/mol. The minimum absolute atomic E-state index is 0.964. The third kappa shape index (κ3) is 6.78. The van der Waals surface area contributed by atoms with Gasteiger partial charge in [-0.25, -0.2) is 0 Å². The van der Waals surface area contributed by atoms with Crippen molar-refractivity contribution in [1.29, 1.82) is 0 Å². The van der Waals surface area contributed by atoms with E-state index in [1.165, 1.54) is 70.6 Å². The lowest BCUT2D eigenvalue weighted by Crippen LogP contribution is -2.38. The van der Waals surface area contributed by atoms with Gasteiger partial charge in [-0.2, -0.15) is 0 Å². The van der Waals surface area contributed by atoms with Crippen molar-refractivity contribution in [3.8, 4) is 0 Å². The molecule has 2 saturated carbocycles. The first kappa shape index (κ1) is 23.3. The van der Waals surface area contributed by atoms with E-state index in [1.807, 2.05) is 0 Å². The van der Waals surface area contributed by atoms with Crippen molar-refractivity contribution < 1.29 is 0 Å². The Bertz CT molecular complexity index is 361. The largest absolute Gasteiger partial charge is 0.0654 e. The molecule has 160 valence electrons. The fraction of sp³-hybridized carbons (Fsp3) is 1.00. The molecule has 0 N–H and O–H groups in total. The van der Waals surface area contributed by atoms with Crippen molar-refractivity contribution in [2.75, 3.05) is 0 Å². The van der Waals surface area contributed by atoms with E-state index in [4.69, 9.17) is 0 Å². The predicted octanol–water partition coefficient (Wildman–Crippen LogP) is 9.13. The van der Waals surface area contributed by atoms with E-state index in [0.29, 0.717) is 0 Å². The Kier molecular flexibility index (Phi) is 10.2. The van der Waals surface area contributed by atoms with Crippen molar-refractivity contribution >= 4 is 0 Å². The highest BCUT2D eigenvalue weighted by Crippen LogP contribution is 2.49. The van der Waals surface area contributed by atoms with Gasteiger partial charge in [-0.05, 0) is 79.4 Å². The Labute approximate surface area is 172 Å². The molecule has 0 heterocycles. The van der Waals surface area contributed by atoms with Crippen LogP contribution in [0.2, 0.25) is 0 Å². The highest BCUT2D eigenvalue weighted by atomic mass is 14.5. The van der Waals surface area contributed by atoms with Crippen LogP contribution in [-0.2, 0) is 0 Å². The zero-order chi connectivity index (χ0) is 19.8. The second kappa shape index (κ2) is 11.9. The van der Waals surface area contributed by atoms with E-state index in [9.17, 15) is 0 Å².